The van der Waals surface area contributed by atoms with Crippen LogP contribution in [0.2, 0.25) is 0 Å². The number of anilines is 1. The van der Waals surface area contributed by atoms with Gasteiger partial charge in [-0.1, -0.05) is 48.5 Å². The van der Waals surface area contributed by atoms with Crippen molar-refractivity contribution in [1.82, 2.24) is 5.32 Å². The summed E-state index contributed by atoms with van der Waals surface area (Å²) >= 11 is 0. The number of nitrogens with one attached hydrogen (secondary N) is 1. The van der Waals surface area contributed by atoms with Crippen LogP contribution in [0.4, 0.5) is 5.69 Å². The predicted octanol–water partition coefficient (Wildman–Crippen LogP) is 3.73. The highest BCUT2D eigenvalue weighted by molar-refractivity contribution is 5.73. The van der Waals surface area contributed by atoms with Gasteiger partial charge in [0, 0.05) is 5.69 Å². The fourth-order valence-electron chi connectivity index (χ4n) is 3.60. The summed E-state index contributed by atoms with van der Waals surface area (Å²) in [6, 6.07) is 22.0. The molecule has 2 unspecified atom stereocenters. The predicted molar refractivity (Wildman–Crippen MR) is 126 cm³/mol. The fraction of sp³-hybridized carbons (Fsp3) is 0.269. The number of aliphatic hydroxyl groups excluding tert-OH is 1. The Hall–Kier alpha value is -3.35. The van der Waals surface area contributed by atoms with Gasteiger partial charge in [-0.15, -0.1) is 0 Å². The highest BCUT2D eigenvalue weighted by atomic mass is 16.5. The zero-order chi connectivity index (χ0) is 22.9. The molecule has 0 fully saturated rings. The molecule has 0 aliphatic carbocycles. The van der Waals surface area contributed by atoms with Gasteiger partial charge in [0.15, 0.2) is 0 Å². The summed E-state index contributed by atoms with van der Waals surface area (Å²) in [7, 11) is 1.64. The van der Waals surface area contributed by atoms with Crippen molar-refractivity contribution in [2.45, 2.75) is 38.0 Å². The molecule has 0 aliphatic rings. The highest BCUT2D eigenvalue weighted by Crippen LogP contribution is 2.22. The van der Waals surface area contributed by atoms with E-state index in [4.69, 9.17) is 10.5 Å². The quantitative estimate of drug-likeness (QED) is 0.271. The third-order valence-electron chi connectivity index (χ3n) is 5.55. The van der Waals surface area contributed by atoms with Crippen LogP contribution in [0.15, 0.2) is 72.8 Å². The van der Waals surface area contributed by atoms with Gasteiger partial charge in [0.25, 0.3) is 0 Å². The molecule has 0 aromatic heterocycles. The van der Waals surface area contributed by atoms with Gasteiger partial charge in [0.2, 0.25) is 0 Å². The Morgan fingerprint density at radius 3 is 2.31 bits per heavy atom. The molecule has 0 saturated carbocycles. The third kappa shape index (κ3) is 6.57. The molecular weight excluding hydrogens is 404 g/mol. The normalized spacial score (nSPS) is 12.8. The Bertz CT molecular complexity index is 1010. The number of aryl methyl sites for hydroxylation is 3. The molecule has 168 valence electrons. The molecule has 6 nitrogen and oxygen atoms in total. The van der Waals surface area contributed by atoms with Gasteiger partial charge in [-0.2, -0.15) is 0 Å². The molecule has 3 rings (SSSR count). The summed E-state index contributed by atoms with van der Waals surface area (Å²) in [6.07, 6.45) is 1.36. The van der Waals surface area contributed by atoms with Gasteiger partial charge < -0.3 is 20.7 Å². The summed E-state index contributed by atoms with van der Waals surface area (Å²) in [5.41, 5.74) is 10.5. The number of methoxy groups -OCH3 is 1. The van der Waals surface area contributed by atoms with E-state index in [1.807, 2.05) is 60.7 Å². The lowest BCUT2D eigenvalue weighted by Gasteiger charge is -2.20. The largest absolute Gasteiger partial charge is 0.497 e. The Morgan fingerprint density at radius 1 is 0.969 bits per heavy atom. The van der Waals surface area contributed by atoms with Crippen molar-refractivity contribution < 1.29 is 19.7 Å². The number of aliphatic hydroxyl groups is 1. The van der Waals surface area contributed by atoms with E-state index in [-0.39, 0.29) is 0 Å². The van der Waals surface area contributed by atoms with Gasteiger partial charge in [-0.05, 0) is 72.2 Å². The van der Waals surface area contributed by atoms with Gasteiger partial charge in [0.1, 0.15) is 18.0 Å². The topological polar surface area (TPSA) is 105 Å². The Balaban J connectivity index is 1.63. The average Bonchev–Trinajstić information content (AvgIpc) is 2.81. The number of carbonyl (C=O) groups is 1. The second-order valence-electron chi connectivity index (χ2n) is 7.79. The van der Waals surface area contributed by atoms with Crippen LogP contribution in [0.25, 0.3) is 0 Å². The summed E-state index contributed by atoms with van der Waals surface area (Å²) in [5, 5.41) is 23.1. The second kappa shape index (κ2) is 11.3. The molecular formula is C26H30N2O4. The maximum Gasteiger partial charge on any atom is 0.320 e. The zero-order valence-electron chi connectivity index (χ0n) is 18.2. The number of nitrogens with two attached hydrogens (primary N) is 1. The van der Waals surface area contributed by atoms with Crippen LogP contribution in [-0.2, 0) is 24.1 Å². The number of rotatable bonds is 11. The van der Waals surface area contributed by atoms with E-state index < -0.39 is 18.2 Å². The minimum Gasteiger partial charge on any atom is -0.497 e. The number of carboxylic acids is 1. The molecule has 0 radical (unpaired) electrons. The molecule has 3 aromatic rings. The Morgan fingerprint density at radius 2 is 1.66 bits per heavy atom. The first-order valence-corrected chi connectivity index (χ1v) is 10.7. The lowest BCUT2D eigenvalue weighted by molar-refractivity contribution is -0.140. The molecule has 2 atom stereocenters. The van der Waals surface area contributed by atoms with Crippen molar-refractivity contribution in [3.05, 3.63) is 95.1 Å². The first-order chi connectivity index (χ1) is 15.5. The smallest absolute Gasteiger partial charge is 0.320 e. The summed E-state index contributed by atoms with van der Waals surface area (Å²) in [4.78, 5) is 11.7. The SMILES string of the molecule is COc1ccc(CCc2cc(C(O)NC(CCc3ccccc3)C(=O)O)ccc2N)cc1. The Kier molecular flexibility index (Phi) is 8.25. The third-order valence-corrected chi connectivity index (χ3v) is 5.55. The molecule has 0 aliphatic heterocycles. The van der Waals surface area contributed by atoms with Crippen molar-refractivity contribution in [3.63, 3.8) is 0 Å². The van der Waals surface area contributed by atoms with Crippen LogP contribution in [0.5, 0.6) is 5.75 Å². The number of aliphatic carboxylic acids is 1. The zero-order valence-corrected chi connectivity index (χ0v) is 18.2. The molecule has 6 heteroatoms. The lowest BCUT2D eigenvalue weighted by Crippen LogP contribution is -2.39. The molecule has 32 heavy (non-hydrogen) atoms. The van der Waals surface area contributed by atoms with E-state index in [1.54, 1.807) is 19.2 Å². The molecule has 5 N–H and O–H groups in total. The van der Waals surface area contributed by atoms with E-state index >= 15 is 0 Å². The van der Waals surface area contributed by atoms with E-state index in [9.17, 15) is 15.0 Å². The molecule has 0 amide bonds. The van der Waals surface area contributed by atoms with Crippen LogP contribution in [0.3, 0.4) is 0 Å². The molecule has 0 heterocycles. The van der Waals surface area contributed by atoms with Gasteiger partial charge in [0.05, 0.1) is 7.11 Å². The van der Waals surface area contributed by atoms with Crippen LogP contribution in [0, 0.1) is 0 Å². The van der Waals surface area contributed by atoms with Gasteiger partial charge >= 0.3 is 5.97 Å². The van der Waals surface area contributed by atoms with Crippen LogP contribution in [0.1, 0.15) is 34.9 Å². The maximum absolute atomic E-state index is 11.7. The highest BCUT2D eigenvalue weighted by Gasteiger charge is 2.21. The summed E-state index contributed by atoms with van der Waals surface area (Å²) in [6.45, 7) is 0. The summed E-state index contributed by atoms with van der Waals surface area (Å²) in [5.74, 6) is -0.181. The fourth-order valence-corrected chi connectivity index (χ4v) is 3.60. The van der Waals surface area contributed by atoms with E-state index in [1.165, 1.54) is 0 Å². The van der Waals surface area contributed by atoms with E-state index in [0.717, 1.165) is 28.9 Å². The number of hydrogen-bond donors (Lipinski definition) is 4. The molecule has 0 saturated heterocycles. The summed E-state index contributed by atoms with van der Waals surface area (Å²) < 4.78 is 5.19. The van der Waals surface area contributed by atoms with E-state index in [2.05, 4.69) is 5.32 Å². The van der Waals surface area contributed by atoms with Crippen LogP contribution in [-0.4, -0.2) is 29.3 Å². The minimum absolute atomic E-state index is 0.371. The van der Waals surface area contributed by atoms with E-state index in [0.29, 0.717) is 30.5 Å². The average molecular weight is 435 g/mol. The van der Waals surface area contributed by atoms with Crippen molar-refractivity contribution in [2.24, 2.45) is 0 Å². The van der Waals surface area contributed by atoms with Crippen LogP contribution < -0.4 is 15.8 Å². The number of benzene rings is 3. The molecule has 0 spiro atoms. The van der Waals surface area contributed by atoms with Crippen LogP contribution >= 0.6 is 0 Å². The minimum atomic E-state index is -1.10. The first-order valence-electron chi connectivity index (χ1n) is 10.7. The lowest BCUT2D eigenvalue weighted by atomic mass is 9.99. The molecule has 3 aromatic carbocycles. The molecule has 0 bridgehead atoms. The van der Waals surface area contributed by atoms with Crippen molar-refractivity contribution in [2.75, 3.05) is 12.8 Å². The number of carboxylic acid groups (broad SMARTS) is 1. The van der Waals surface area contributed by atoms with Crippen molar-refractivity contribution in [1.29, 1.82) is 0 Å². The number of nitrogen functional groups attached to an aromatic ring is 1. The maximum atomic E-state index is 11.7. The Labute approximate surface area is 188 Å². The van der Waals surface area contributed by atoms with Crippen molar-refractivity contribution >= 4 is 11.7 Å². The van der Waals surface area contributed by atoms with Gasteiger partial charge in [-0.3, -0.25) is 10.1 Å². The number of ether oxygens (including phenoxy) is 1. The monoisotopic (exact) mass is 434 g/mol. The van der Waals surface area contributed by atoms with Crippen molar-refractivity contribution in [3.8, 4) is 5.75 Å². The second-order valence-corrected chi connectivity index (χ2v) is 7.79. The number of hydrogen-bond acceptors (Lipinski definition) is 5. The standard InChI is InChI=1S/C26H30N2O4/c1-32-22-13-8-19(9-14-22)7-11-20-17-21(12-15-23(20)27)25(29)28-24(26(30)31)16-10-18-5-3-2-4-6-18/h2-6,8-9,12-15,17,24-25,28-29H,7,10-11,16,27H2,1H3,(H,30,31). The van der Waals surface area contributed by atoms with Gasteiger partial charge in [-0.25, -0.2) is 0 Å². The first kappa shape index (κ1) is 23.3.